The van der Waals surface area contributed by atoms with Crippen LogP contribution in [0.15, 0.2) is 12.4 Å². The van der Waals surface area contributed by atoms with E-state index < -0.39 is 17.8 Å². The van der Waals surface area contributed by atoms with Gasteiger partial charge >= 0.3 is 12.0 Å². The number of carboxylic acids is 1. The van der Waals surface area contributed by atoms with Gasteiger partial charge in [-0.1, -0.05) is 0 Å². The lowest BCUT2D eigenvalue weighted by Crippen LogP contribution is -2.41. The lowest BCUT2D eigenvalue weighted by atomic mass is 10.2. The molecule has 0 unspecified atom stereocenters. The van der Waals surface area contributed by atoms with Crippen LogP contribution < -0.4 is 16.0 Å². The van der Waals surface area contributed by atoms with Crippen molar-refractivity contribution in [1.82, 2.24) is 25.9 Å². The predicted octanol–water partition coefficient (Wildman–Crippen LogP) is 1.07. The molecule has 0 saturated heterocycles. The van der Waals surface area contributed by atoms with E-state index in [1.807, 2.05) is 0 Å². The van der Waals surface area contributed by atoms with Crippen LogP contribution in [-0.4, -0.2) is 52.1 Å². The quantitative estimate of drug-likeness (QED) is 0.432. The summed E-state index contributed by atoms with van der Waals surface area (Å²) < 4.78 is 12.6. The third-order valence-electron chi connectivity index (χ3n) is 3.45. The molecule has 1 rings (SSSR count). The first kappa shape index (κ1) is 21.3. The van der Waals surface area contributed by atoms with Crippen LogP contribution in [-0.2, 0) is 4.79 Å². The number of nitrogens with zero attached hydrogens (tertiary/aromatic N) is 2. The molecule has 10 heteroatoms. The van der Waals surface area contributed by atoms with E-state index in [0.29, 0.717) is 19.5 Å². The molecule has 1 heterocycles. The molecule has 9 nitrogen and oxygen atoms in total. The monoisotopic (exact) mass is 368 g/mol. The van der Waals surface area contributed by atoms with Crippen LogP contribution in [0.2, 0.25) is 0 Å². The van der Waals surface area contributed by atoms with Crippen molar-refractivity contribution in [2.45, 2.75) is 45.1 Å². The Balaban J connectivity index is 2.03. The van der Waals surface area contributed by atoms with Gasteiger partial charge in [0.15, 0.2) is 0 Å². The number of carbonyl (C=O) groups excluding carboxylic acids is 2. The normalized spacial score (nSPS) is 11.5. The fourth-order valence-corrected chi connectivity index (χ4v) is 2.04. The van der Waals surface area contributed by atoms with Crippen molar-refractivity contribution in [2.75, 3.05) is 13.1 Å². The van der Waals surface area contributed by atoms with Gasteiger partial charge in [-0.2, -0.15) is 4.39 Å². The highest BCUT2D eigenvalue weighted by atomic mass is 18.2. The summed E-state index contributed by atoms with van der Waals surface area (Å²) in [5.74, 6) is -2.04. The van der Waals surface area contributed by atoms with Crippen LogP contribution in [0.4, 0.5) is 9.18 Å². The number of unbranched alkanes of at least 4 members (excludes halogenated alkanes) is 2. The number of halogens is 1. The fourth-order valence-electron chi connectivity index (χ4n) is 2.04. The first-order valence-electron chi connectivity index (χ1n) is 8.40. The van der Waals surface area contributed by atoms with Crippen LogP contribution >= 0.6 is 0 Å². The minimum absolute atomic E-state index is 0.0106. The van der Waals surface area contributed by atoms with Crippen molar-refractivity contribution in [3.63, 3.8) is 0 Å². The maximum Gasteiger partial charge on any atom is 0.314 e. The van der Waals surface area contributed by atoms with Crippen molar-refractivity contribution < 1.29 is 23.9 Å². The standard InChI is InChI=1S/C16H24FN5O4/c1-11(5-6-14(23)24)22-16(26)19-8-4-2-3-7-18-15(25)12-9-21-13(17)10-20-12/h9-11H,2-8H2,1H3,(H,18,25)(H,23,24)(H2,19,22,26)/t11-/m1/s1/i17-1. The topological polar surface area (TPSA) is 133 Å². The van der Waals surface area contributed by atoms with Crippen molar-refractivity contribution in [2.24, 2.45) is 0 Å². The van der Waals surface area contributed by atoms with Gasteiger partial charge in [0.05, 0.1) is 12.4 Å². The van der Waals surface area contributed by atoms with Crippen molar-refractivity contribution >= 4 is 17.9 Å². The van der Waals surface area contributed by atoms with Crippen LogP contribution in [0, 0.1) is 5.95 Å². The molecule has 0 saturated carbocycles. The van der Waals surface area contributed by atoms with Gasteiger partial charge < -0.3 is 21.1 Å². The van der Waals surface area contributed by atoms with Crippen LogP contribution in [0.3, 0.4) is 0 Å². The molecular formula is C16H24FN5O4. The van der Waals surface area contributed by atoms with E-state index >= 15 is 0 Å². The lowest BCUT2D eigenvalue weighted by molar-refractivity contribution is -0.137. The summed E-state index contributed by atoms with van der Waals surface area (Å²) in [6.45, 7) is 2.67. The Morgan fingerprint density at radius 2 is 1.81 bits per heavy atom. The van der Waals surface area contributed by atoms with Crippen molar-refractivity contribution in [3.8, 4) is 0 Å². The zero-order chi connectivity index (χ0) is 19.4. The molecular weight excluding hydrogens is 344 g/mol. The molecule has 4 N–H and O–H groups in total. The first-order chi connectivity index (χ1) is 12.4. The van der Waals surface area contributed by atoms with Gasteiger partial charge in [0.25, 0.3) is 5.91 Å². The molecule has 0 bridgehead atoms. The number of aliphatic carboxylic acids is 1. The molecule has 144 valence electrons. The van der Waals surface area contributed by atoms with Crippen molar-refractivity contribution in [1.29, 1.82) is 0 Å². The molecule has 0 radical (unpaired) electrons. The largest absolute Gasteiger partial charge is 0.481 e. The second-order valence-electron chi connectivity index (χ2n) is 5.77. The zero-order valence-corrected chi connectivity index (χ0v) is 14.6. The molecule has 0 spiro atoms. The maximum absolute atomic E-state index is 12.6. The van der Waals surface area contributed by atoms with E-state index in [9.17, 15) is 18.8 Å². The number of amides is 3. The summed E-state index contributed by atoms with van der Waals surface area (Å²) in [5.41, 5.74) is 0.0572. The van der Waals surface area contributed by atoms with E-state index in [1.54, 1.807) is 6.92 Å². The van der Waals surface area contributed by atoms with Crippen LogP contribution in [0.25, 0.3) is 0 Å². The van der Waals surface area contributed by atoms with Crippen LogP contribution in [0.5, 0.6) is 0 Å². The van der Waals surface area contributed by atoms with Gasteiger partial charge in [-0.3, -0.25) is 9.59 Å². The molecule has 0 fully saturated rings. The van der Waals surface area contributed by atoms with Gasteiger partial charge in [0, 0.05) is 25.6 Å². The van der Waals surface area contributed by atoms with Gasteiger partial charge in [-0.15, -0.1) is 0 Å². The summed E-state index contributed by atoms with van der Waals surface area (Å²) in [4.78, 5) is 40.7. The summed E-state index contributed by atoms with van der Waals surface area (Å²) in [5, 5.41) is 16.6. The second kappa shape index (κ2) is 11.7. The molecule has 1 aromatic heterocycles. The Kier molecular flexibility index (Phi) is 9.58. The molecule has 0 aliphatic heterocycles. The van der Waals surface area contributed by atoms with Gasteiger partial charge in [-0.25, -0.2) is 14.8 Å². The third-order valence-corrected chi connectivity index (χ3v) is 3.45. The SMILES string of the molecule is C[C@H](CCC(=O)O)NC(=O)NCCCCCNC(=O)c1cnc([18F])cn1. The molecule has 0 aliphatic carbocycles. The number of carboxylic acid groups (broad SMARTS) is 1. The molecule has 1 aromatic rings. The number of aromatic nitrogens is 2. The average molecular weight is 368 g/mol. The van der Waals surface area contributed by atoms with Crippen LogP contribution in [0.1, 0.15) is 49.5 Å². The smallest absolute Gasteiger partial charge is 0.314 e. The molecule has 0 aliphatic rings. The highest BCUT2D eigenvalue weighted by Crippen LogP contribution is 1.97. The molecule has 3 amide bonds. The highest BCUT2D eigenvalue weighted by molar-refractivity contribution is 5.91. The number of rotatable bonds is 11. The molecule has 0 aromatic carbocycles. The minimum atomic E-state index is -0.891. The summed E-state index contributed by atoms with van der Waals surface area (Å²) in [6.07, 6.45) is 4.60. The lowest BCUT2D eigenvalue weighted by Gasteiger charge is -2.13. The summed E-state index contributed by atoms with van der Waals surface area (Å²) in [6, 6.07) is -0.540. The molecule has 26 heavy (non-hydrogen) atoms. The third kappa shape index (κ3) is 9.50. The van der Waals surface area contributed by atoms with E-state index in [4.69, 9.17) is 5.11 Å². The Morgan fingerprint density at radius 1 is 1.12 bits per heavy atom. The number of nitrogens with one attached hydrogen (secondary N) is 3. The summed E-state index contributed by atoms with van der Waals surface area (Å²) in [7, 11) is 0. The zero-order valence-electron chi connectivity index (χ0n) is 14.6. The van der Waals surface area contributed by atoms with Gasteiger partial charge in [0.2, 0.25) is 5.95 Å². The minimum Gasteiger partial charge on any atom is -0.481 e. The van der Waals surface area contributed by atoms with Gasteiger partial charge in [0.1, 0.15) is 5.69 Å². The first-order valence-corrected chi connectivity index (χ1v) is 8.40. The Bertz CT molecular complexity index is 597. The van der Waals surface area contributed by atoms with Gasteiger partial charge in [-0.05, 0) is 32.6 Å². The molecule has 1 atom stereocenters. The Hall–Kier alpha value is -2.78. The van der Waals surface area contributed by atoms with E-state index in [0.717, 1.165) is 31.7 Å². The second-order valence-corrected chi connectivity index (χ2v) is 5.77. The van der Waals surface area contributed by atoms with Crippen molar-refractivity contribution in [3.05, 3.63) is 24.0 Å². The maximum atomic E-state index is 12.6. The Morgan fingerprint density at radius 3 is 2.42 bits per heavy atom. The Labute approximate surface area is 150 Å². The van der Waals surface area contributed by atoms with E-state index in [1.165, 1.54) is 0 Å². The number of hydrogen-bond acceptors (Lipinski definition) is 5. The number of hydrogen-bond donors (Lipinski definition) is 4. The number of carbonyl (C=O) groups is 3. The van der Waals surface area contributed by atoms with E-state index in [2.05, 4.69) is 25.9 Å². The fraction of sp³-hybridized carbons (Fsp3) is 0.562. The average Bonchev–Trinajstić information content (AvgIpc) is 2.59. The highest BCUT2D eigenvalue weighted by Gasteiger charge is 2.09. The van der Waals surface area contributed by atoms with E-state index in [-0.39, 0.29) is 24.2 Å². The predicted molar refractivity (Wildman–Crippen MR) is 91.0 cm³/mol. The number of urea groups is 1. The summed E-state index contributed by atoms with van der Waals surface area (Å²) >= 11 is 0.